The van der Waals surface area contributed by atoms with Crippen molar-refractivity contribution in [3.05, 3.63) is 141 Å². The molecule has 2 aliphatic rings. The SMILES string of the molecule is COC(C=Cc1ccc(S(=O)(=O)c2ccc(C=CC(OC)c3ccc4c(c3)C(C)(C)C(C)C4(C)C)cc2C)c(C)c1)c1ccc2c(c1)C(C)(C)C(C)C2(C)C. The Balaban J connectivity index is 1.19. The van der Waals surface area contributed by atoms with Gasteiger partial charge in [-0.25, -0.2) is 8.42 Å². The molecule has 4 atom stereocenters. The molecule has 292 valence electrons. The van der Waals surface area contributed by atoms with Crippen molar-refractivity contribution in [2.24, 2.45) is 11.8 Å². The lowest BCUT2D eigenvalue weighted by Crippen LogP contribution is -2.30. The van der Waals surface area contributed by atoms with Gasteiger partial charge in [0.15, 0.2) is 0 Å². The predicted octanol–water partition coefficient (Wildman–Crippen LogP) is 12.3. The molecule has 4 nitrogen and oxygen atoms in total. The monoisotopic (exact) mass is 758 g/mol. The van der Waals surface area contributed by atoms with Crippen molar-refractivity contribution < 1.29 is 17.9 Å². The van der Waals surface area contributed by atoms with E-state index in [0.29, 0.717) is 32.8 Å². The highest BCUT2D eigenvalue weighted by atomic mass is 32.2. The van der Waals surface area contributed by atoms with Crippen LogP contribution < -0.4 is 0 Å². The van der Waals surface area contributed by atoms with E-state index < -0.39 is 9.84 Å². The van der Waals surface area contributed by atoms with Crippen LogP contribution in [0.5, 0.6) is 0 Å². The summed E-state index contributed by atoms with van der Waals surface area (Å²) in [4.78, 5) is 0.627. The first-order valence-electron chi connectivity index (χ1n) is 19.8. The number of aryl methyl sites for hydroxylation is 2. The highest BCUT2D eigenvalue weighted by Crippen LogP contribution is 2.55. The lowest BCUT2D eigenvalue weighted by molar-refractivity contribution is 0.143. The molecule has 0 saturated heterocycles. The van der Waals surface area contributed by atoms with E-state index in [4.69, 9.17) is 9.47 Å². The van der Waals surface area contributed by atoms with Crippen molar-refractivity contribution in [2.75, 3.05) is 14.2 Å². The summed E-state index contributed by atoms with van der Waals surface area (Å²) in [5, 5.41) is 0. The lowest BCUT2D eigenvalue weighted by atomic mass is 9.71. The zero-order chi connectivity index (χ0) is 40.5. The minimum atomic E-state index is -3.75. The van der Waals surface area contributed by atoms with Crippen LogP contribution >= 0.6 is 0 Å². The number of hydrogen-bond acceptors (Lipinski definition) is 4. The highest BCUT2D eigenvalue weighted by Gasteiger charge is 2.49. The van der Waals surface area contributed by atoms with E-state index in [1.165, 1.54) is 22.3 Å². The van der Waals surface area contributed by atoms with Crippen LogP contribution in [-0.2, 0) is 41.0 Å². The Hall–Kier alpha value is -3.77. The molecule has 0 bridgehead atoms. The van der Waals surface area contributed by atoms with Crippen LogP contribution in [0.2, 0.25) is 0 Å². The Morgan fingerprint density at radius 3 is 1.20 bits per heavy atom. The molecule has 4 aromatic carbocycles. The Labute approximate surface area is 332 Å². The summed E-state index contributed by atoms with van der Waals surface area (Å²) in [5.74, 6) is 1.02. The second kappa shape index (κ2) is 14.3. The van der Waals surface area contributed by atoms with E-state index in [-0.39, 0.29) is 33.9 Å². The summed E-state index contributed by atoms with van der Waals surface area (Å²) in [6.07, 6.45) is 7.70. The molecule has 0 amide bonds. The van der Waals surface area contributed by atoms with Crippen molar-refractivity contribution in [2.45, 2.75) is 127 Å². The molecule has 2 aliphatic carbocycles. The molecule has 0 N–H and O–H groups in total. The van der Waals surface area contributed by atoms with Gasteiger partial charge in [-0.2, -0.15) is 0 Å². The van der Waals surface area contributed by atoms with Crippen molar-refractivity contribution in [1.82, 2.24) is 0 Å². The van der Waals surface area contributed by atoms with Gasteiger partial charge in [0.05, 0.1) is 9.79 Å². The zero-order valence-electron chi connectivity index (χ0n) is 35.6. The normalized spacial score (nSPS) is 21.9. The molecule has 0 saturated carbocycles. The molecule has 4 unspecified atom stereocenters. The van der Waals surface area contributed by atoms with Crippen LogP contribution in [0.25, 0.3) is 12.2 Å². The molecule has 55 heavy (non-hydrogen) atoms. The number of rotatable bonds is 10. The highest BCUT2D eigenvalue weighted by molar-refractivity contribution is 7.91. The Bertz CT molecular complexity index is 2130. The number of benzene rings is 4. The molecule has 0 radical (unpaired) electrons. The van der Waals surface area contributed by atoms with Gasteiger partial charge >= 0.3 is 0 Å². The van der Waals surface area contributed by atoms with Gasteiger partial charge in [-0.15, -0.1) is 0 Å². The smallest absolute Gasteiger partial charge is 0.207 e. The van der Waals surface area contributed by atoms with Gasteiger partial charge in [0.2, 0.25) is 9.84 Å². The maximum Gasteiger partial charge on any atom is 0.207 e. The van der Waals surface area contributed by atoms with Crippen molar-refractivity contribution in [1.29, 1.82) is 0 Å². The fourth-order valence-corrected chi connectivity index (χ4v) is 11.4. The number of hydrogen-bond donors (Lipinski definition) is 0. The van der Waals surface area contributed by atoms with Gasteiger partial charge < -0.3 is 9.47 Å². The number of ether oxygens (including phenoxy) is 2. The number of fused-ring (bicyclic) bond motifs is 2. The maximum absolute atomic E-state index is 14.0. The van der Waals surface area contributed by atoms with Gasteiger partial charge in [-0.05, 0) is 115 Å². The van der Waals surface area contributed by atoms with Crippen molar-refractivity contribution in [3.8, 4) is 0 Å². The third-order valence-corrected chi connectivity index (χ3v) is 16.3. The molecule has 0 fully saturated rings. The molecule has 0 aliphatic heterocycles. The van der Waals surface area contributed by atoms with Gasteiger partial charge in [0.25, 0.3) is 0 Å². The summed E-state index contributed by atoms with van der Waals surface area (Å²) >= 11 is 0. The summed E-state index contributed by atoms with van der Waals surface area (Å²) in [6, 6.07) is 24.6. The van der Waals surface area contributed by atoms with Crippen LogP contribution in [0.15, 0.2) is 94.7 Å². The zero-order valence-corrected chi connectivity index (χ0v) is 36.4. The van der Waals surface area contributed by atoms with Crippen LogP contribution in [0, 0.1) is 25.7 Å². The summed E-state index contributed by atoms with van der Waals surface area (Å²) < 4.78 is 40.0. The average Bonchev–Trinajstić information content (AvgIpc) is 3.36. The first kappa shape index (κ1) is 40.9. The van der Waals surface area contributed by atoms with Crippen LogP contribution in [0.3, 0.4) is 0 Å². The maximum atomic E-state index is 14.0. The summed E-state index contributed by atoms with van der Waals surface area (Å²) in [7, 11) is -0.288. The van der Waals surface area contributed by atoms with E-state index in [0.717, 1.165) is 22.3 Å². The first-order valence-corrected chi connectivity index (χ1v) is 21.3. The minimum absolute atomic E-state index is 0.0645. The second-order valence-electron chi connectivity index (χ2n) is 18.5. The number of methoxy groups -OCH3 is 2. The van der Waals surface area contributed by atoms with Gasteiger partial charge in [-0.3, -0.25) is 0 Å². The van der Waals surface area contributed by atoms with Gasteiger partial charge in [0, 0.05) is 14.2 Å². The average molecular weight is 759 g/mol. The molecular weight excluding hydrogens is 697 g/mol. The molecule has 5 heteroatoms. The molecule has 6 rings (SSSR count). The standard InChI is InChI=1S/C50H62O4S/c1-31-27-35(15-23-43(53-13)37-19-21-39-41(29-37)49(9,10)33(3)47(39,5)6)17-25-45(31)55(51,52)46-26-18-36(28-32(46)2)16-24-44(54-14)38-20-22-40-42(30-38)50(11,12)34(4)48(40,7)8/h15-30,33-34,43-44H,1-14H3. The predicted molar refractivity (Wildman–Crippen MR) is 229 cm³/mol. The van der Waals surface area contributed by atoms with Gasteiger partial charge in [-0.1, -0.05) is 154 Å². The lowest BCUT2D eigenvalue weighted by Gasteiger charge is -2.32. The Kier molecular flexibility index (Phi) is 10.6. The second-order valence-corrected chi connectivity index (χ2v) is 20.4. The fraction of sp³-hybridized carbons (Fsp3) is 0.440. The van der Waals surface area contributed by atoms with Gasteiger partial charge in [0.1, 0.15) is 12.2 Å². The Morgan fingerprint density at radius 2 is 0.873 bits per heavy atom. The van der Waals surface area contributed by atoms with Crippen molar-refractivity contribution >= 4 is 22.0 Å². The minimum Gasteiger partial charge on any atom is -0.373 e. The van der Waals surface area contributed by atoms with Crippen molar-refractivity contribution in [3.63, 3.8) is 0 Å². The molecule has 0 aromatic heterocycles. The largest absolute Gasteiger partial charge is 0.373 e. The number of sulfone groups is 1. The van der Waals surface area contributed by atoms with E-state index in [2.05, 4.69) is 118 Å². The van der Waals surface area contributed by atoms with E-state index in [9.17, 15) is 8.42 Å². The van der Waals surface area contributed by atoms with Crippen LogP contribution in [0.1, 0.15) is 137 Å². The first-order chi connectivity index (χ1) is 25.6. The third kappa shape index (κ3) is 6.89. The molecular formula is C50H62O4S. The summed E-state index contributed by atoms with van der Waals surface area (Å²) in [5.41, 5.74) is 11.4. The molecule has 0 heterocycles. The topological polar surface area (TPSA) is 52.6 Å². The van der Waals surface area contributed by atoms with E-state index in [1.807, 2.05) is 50.3 Å². The van der Waals surface area contributed by atoms with E-state index in [1.54, 1.807) is 26.4 Å². The quantitative estimate of drug-likeness (QED) is 0.162. The summed E-state index contributed by atoms with van der Waals surface area (Å²) in [6.45, 7) is 27.2. The van der Waals surface area contributed by atoms with Crippen LogP contribution in [0.4, 0.5) is 0 Å². The third-order valence-electron chi connectivity index (χ3n) is 14.3. The van der Waals surface area contributed by atoms with E-state index >= 15 is 0 Å². The Morgan fingerprint density at radius 1 is 0.527 bits per heavy atom. The van der Waals surface area contributed by atoms with Crippen LogP contribution in [-0.4, -0.2) is 22.6 Å². The molecule has 0 spiro atoms. The fourth-order valence-electron chi connectivity index (χ4n) is 9.73. The molecule has 4 aromatic rings.